The number of nitrogens with zero attached hydrogens (tertiary/aromatic N) is 4. The molecule has 0 spiro atoms. The highest BCUT2D eigenvalue weighted by molar-refractivity contribution is 7.89. The van der Waals surface area contributed by atoms with Crippen molar-refractivity contribution in [2.45, 2.75) is 38.1 Å². The number of nitro groups is 1. The average Bonchev–Trinajstić information content (AvgIpc) is 3.15. The van der Waals surface area contributed by atoms with Gasteiger partial charge in [0.05, 0.1) is 20.0 Å². The van der Waals surface area contributed by atoms with Crippen LogP contribution in [0.5, 0.6) is 0 Å². The third kappa shape index (κ3) is 5.32. The monoisotopic (exact) mass is 502 g/mol. The average molecular weight is 503 g/mol. The molecule has 1 aromatic heterocycles. The Kier molecular flexibility index (Phi) is 8.13. The Hall–Kier alpha value is -3.15. The van der Waals surface area contributed by atoms with Gasteiger partial charge in [-0.1, -0.05) is 37.7 Å². The summed E-state index contributed by atoms with van der Waals surface area (Å²) in [6.07, 6.45) is 3.27. The quantitative estimate of drug-likeness (QED) is 0.232. The minimum atomic E-state index is -3.64. The van der Waals surface area contributed by atoms with Crippen LogP contribution in [0, 0.1) is 10.1 Å². The number of nitro benzene ring substituents is 1. The van der Waals surface area contributed by atoms with Crippen molar-refractivity contribution in [3.05, 3.63) is 75.6 Å². The van der Waals surface area contributed by atoms with Crippen molar-refractivity contribution < 1.29 is 18.1 Å². The lowest BCUT2D eigenvalue weighted by Crippen LogP contribution is -2.31. The van der Waals surface area contributed by atoms with E-state index in [4.69, 9.17) is 0 Å². The molecule has 11 heteroatoms. The summed E-state index contributed by atoms with van der Waals surface area (Å²) in [5.74, 6) is -0.541. The van der Waals surface area contributed by atoms with E-state index in [1.165, 1.54) is 52.0 Å². The lowest BCUT2D eigenvalue weighted by atomic mass is 10.2. The summed E-state index contributed by atoms with van der Waals surface area (Å²) in [7, 11) is -3.64. The molecule has 1 heterocycles. The highest BCUT2D eigenvalue weighted by atomic mass is 32.2. The van der Waals surface area contributed by atoms with Crippen LogP contribution in [0.4, 0.5) is 5.69 Å². The van der Waals surface area contributed by atoms with Crippen LogP contribution >= 0.6 is 11.3 Å². The van der Waals surface area contributed by atoms with E-state index >= 15 is 0 Å². The van der Waals surface area contributed by atoms with Gasteiger partial charge in [0.15, 0.2) is 4.80 Å². The SMILES string of the molecule is C=CCn1c(=NC(=O)c2ccc(S(=O)(=O)N(CC)CCCC)cc2)sc2ccc([N+](=O)[O-])cc21. The van der Waals surface area contributed by atoms with E-state index < -0.39 is 20.9 Å². The van der Waals surface area contributed by atoms with Crippen molar-refractivity contribution in [3.8, 4) is 0 Å². The molecule has 0 aliphatic rings. The van der Waals surface area contributed by atoms with Gasteiger partial charge in [0.2, 0.25) is 10.0 Å². The molecule has 0 radical (unpaired) electrons. The smallest absolute Gasteiger partial charge is 0.279 e. The van der Waals surface area contributed by atoms with Gasteiger partial charge in [0.25, 0.3) is 11.6 Å². The number of sulfonamides is 1. The van der Waals surface area contributed by atoms with Gasteiger partial charge >= 0.3 is 0 Å². The van der Waals surface area contributed by atoms with Crippen LogP contribution in [0.1, 0.15) is 37.0 Å². The van der Waals surface area contributed by atoms with Crippen LogP contribution in [0.25, 0.3) is 10.2 Å². The lowest BCUT2D eigenvalue weighted by molar-refractivity contribution is -0.384. The maximum atomic E-state index is 12.9. The maximum Gasteiger partial charge on any atom is 0.279 e. The van der Waals surface area contributed by atoms with Crippen molar-refractivity contribution >= 4 is 43.2 Å². The topological polar surface area (TPSA) is 115 Å². The Bertz CT molecular complexity index is 1390. The van der Waals surface area contributed by atoms with Gasteiger partial charge in [0.1, 0.15) is 0 Å². The number of hydrogen-bond donors (Lipinski definition) is 0. The molecule has 0 atom stereocenters. The summed E-state index contributed by atoms with van der Waals surface area (Å²) in [6.45, 7) is 8.63. The number of carbonyl (C=O) groups is 1. The number of amides is 1. The van der Waals surface area contributed by atoms with Crippen LogP contribution in [-0.2, 0) is 16.6 Å². The predicted octanol–water partition coefficient (Wildman–Crippen LogP) is 4.35. The molecule has 34 heavy (non-hydrogen) atoms. The molecule has 180 valence electrons. The van der Waals surface area contributed by atoms with Crippen molar-refractivity contribution in [1.82, 2.24) is 8.87 Å². The second kappa shape index (κ2) is 10.9. The Morgan fingerprint density at radius 3 is 2.53 bits per heavy atom. The first-order valence-electron chi connectivity index (χ1n) is 10.8. The molecule has 0 unspecified atom stereocenters. The summed E-state index contributed by atoms with van der Waals surface area (Å²) in [4.78, 5) is 28.2. The number of carbonyl (C=O) groups excluding carboxylic acids is 1. The van der Waals surface area contributed by atoms with Crippen LogP contribution < -0.4 is 4.80 Å². The first-order valence-corrected chi connectivity index (χ1v) is 13.1. The number of fused-ring (bicyclic) bond motifs is 1. The molecular weight excluding hydrogens is 476 g/mol. The second-order valence-electron chi connectivity index (χ2n) is 7.48. The van der Waals surface area contributed by atoms with Gasteiger partial charge in [0, 0.05) is 37.3 Å². The molecule has 3 rings (SSSR count). The fourth-order valence-electron chi connectivity index (χ4n) is 3.41. The summed E-state index contributed by atoms with van der Waals surface area (Å²) in [5, 5.41) is 11.2. The van der Waals surface area contributed by atoms with Gasteiger partial charge in [-0.3, -0.25) is 14.9 Å². The number of benzene rings is 2. The van der Waals surface area contributed by atoms with Crippen molar-refractivity contribution in [2.75, 3.05) is 13.1 Å². The van der Waals surface area contributed by atoms with E-state index in [-0.39, 0.29) is 16.1 Å². The van der Waals surface area contributed by atoms with Crippen LogP contribution in [0.3, 0.4) is 0 Å². The van der Waals surface area contributed by atoms with E-state index in [1.54, 1.807) is 23.6 Å². The molecule has 0 saturated carbocycles. The molecular formula is C23H26N4O5S2. The molecule has 0 N–H and O–H groups in total. The largest absolute Gasteiger partial charge is 0.312 e. The fraction of sp³-hybridized carbons (Fsp3) is 0.304. The lowest BCUT2D eigenvalue weighted by Gasteiger charge is -2.20. The van der Waals surface area contributed by atoms with E-state index in [0.717, 1.165) is 17.5 Å². The Morgan fingerprint density at radius 1 is 1.24 bits per heavy atom. The predicted molar refractivity (Wildman–Crippen MR) is 132 cm³/mol. The van der Waals surface area contributed by atoms with Crippen molar-refractivity contribution in [3.63, 3.8) is 0 Å². The van der Waals surface area contributed by atoms with Crippen molar-refractivity contribution in [2.24, 2.45) is 4.99 Å². The fourth-order valence-corrected chi connectivity index (χ4v) is 5.92. The van der Waals surface area contributed by atoms with E-state index in [2.05, 4.69) is 11.6 Å². The second-order valence-corrected chi connectivity index (χ2v) is 10.4. The summed E-state index contributed by atoms with van der Waals surface area (Å²) in [6, 6.07) is 10.2. The molecule has 9 nitrogen and oxygen atoms in total. The number of thiazole rings is 1. The first-order chi connectivity index (χ1) is 16.2. The molecule has 3 aromatic rings. The number of rotatable bonds is 10. The molecule has 2 aromatic carbocycles. The highest BCUT2D eigenvalue weighted by Crippen LogP contribution is 2.23. The standard InChI is InChI=1S/C23H26N4O5S2/c1-4-7-15-25(6-3)34(31,32)19-11-8-17(9-12-19)22(28)24-23-26(14-5-2)20-16-18(27(29)30)10-13-21(20)33-23/h5,8-13,16H,2,4,6-7,14-15H2,1,3H3. The minimum Gasteiger partial charge on any atom is -0.312 e. The van der Waals surface area contributed by atoms with Gasteiger partial charge < -0.3 is 4.57 Å². The zero-order chi connectivity index (χ0) is 24.9. The van der Waals surface area contributed by atoms with Gasteiger partial charge in [-0.05, 0) is 36.8 Å². The van der Waals surface area contributed by atoms with E-state index in [0.29, 0.717) is 30.0 Å². The molecule has 0 aliphatic carbocycles. The van der Waals surface area contributed by atoms with Gasteiger partial charge in [-0.15, -0.1) is 6.58 Å². The number of unbranched alkanes of at least 4 members (excludes halogenated alkanes) is 1. The summed E-state index contributed by atoms with van der Waals surface area (Å²) in [5.41, 5.74) is 0.765. The zero-order valence-electron chi connectivity index (χ0n) is 19.0. The normalized spacial score (nSPS) is 12.4. The van der Waals surface area contributed by atoms with Crippen molar-refractivity contribution in [1.29, 1.82) is 0 Å². The number of aromatic nitrogens is 1. The third-order valence-electron chi connectivity index (χ3n) is 5.24. The number of allylic oxidation sites excluding steroid dienone is 1. The van der Waals surface area contributed by atoms with Gasteiger partial charge in [-0.25, -0.2) is 8.42 Å². The summed E-state index contributed by atoms with van der Waals surface area (Å²) >= 11 is 1.23. The van der Waals surface area contributed by atoms with E-state index in [9.17, 15) is 23.3 Å². The third-order valence-corrected chi connectivity index (χ3v) is 8.29. The molecule has 1 amide bonds. The number of non-ortho nitro benzene ring substituents is 1. The van der Waals surface area contributed by atoms with Crippen LogP contribution in [-0.4, -0.2) is 41.2 Å². The maximum absolute atomic E-state index is 12.9. The minimum absolute atomic E-state index is 0.0575. The molecule has 0 aliphatic heterocycles. The van der Waals surface area contributed by atoms with Crippen LogP contribution in [0.2, 0.25) is 0 Å². The first kappa shape index (κ1) is 25.5. The Labute approximate surface area is 201 Å². The Balaban J connectivity index is 1.96. The zero-order valence-corrected chi connectivity index (χ0v) is 20.6. The Morgan fingerprint density at radius 2 is 1.94 bits per heavy atom. The molecule has 0 saturated heterocycles. The molecule has 0 fully saturated rings. The highest BCUT2D eigenvalue weighted by Gasteiger charge is 2.22. The molecule has 0 bridgehead atoms. The van der Waals surface area contributed by atoms with Crippen LogP contribution in [0.15, 0.2) is 65.0 Å². The van der Waals surface area contributed by atoms with Gasteiger partial charge in [-0.2, -0.15) is 9.30 Å². The summed E-state index contributed by atoms with van der Waals surface area (Å²) < 4.78 is 29.6. The van der Waals surface area contributed by atoms with E-state index in [1.807, 2.05) is 6.92 Å². The number of hydrogen-bond acceptors (Lipinski definition) is 6.